The summed E-state index contributed by atoms with van der Waals surface area (Å²) in [6.45, 7) is 9.21. The van der Waals surface area contributed by atoms with Crippen LogP contribution in [0.15, 0.2) is 23.6 Å². The van der Waals surface area contributed by atoms with Crippen LogP contribution < -0.4 is 0 Å². The third-order valence-electron chi connectivity index (χ3n) is 2.62. The first-order valence-corrected chi connectivity index (χ1v) is 5.49. The molecular formula is C11H18S. The van der Waals surface area contributed by atoms with Crippen molar-refractivity contribution in [3.8, 4) is 0 Å². The van der Waals surface area contributed by atoms with Crippen molar-refractivity contribution < 1.29 is 0 Å². The summed E-state index contributed by atoms with van der Waals surface area (Å²) in [7, 11) is 0. The second kappa shape index (κ2) is 3.69. The topological polar surface area (TPSA) is 0 Å². The summed E-state index contributed by atoms with van der Waals surface area (Å²) in [5, 5.41) is 2.21. The average molecular weight is 182 g/mol. The Kier molecular flexibility index (Phi) is 3.05. The second-order valence-corrected chi connectivity index (χ2v) is 5.18. The van der Waals surface area contributed by atoms with Crippen molar-refractivity contribution >= 4 is 11.8 Å². The molecule has 0 radical (unpaired) electrons. The van der Waals surface area contributed by atoms with Gasteiger partial charge in [-0.05, 0) is 17.2 Å². The van der Waals surface area contributed by atoms with E-state index in [0.717, 1.165) is 0 Å². The molecule has 0 spiro atoms. The van der Waals surface area contributed by atoms with Crippen LogP contribution >= 0.6 is 11.8 Å². The monoisotopic (exact) mass is 182 g/mol. The third kappa shape index (κ3) is 1.61. The smallest absolute Gasteiger partial charge is 0.0428 e. The fraction of sp³-hybridized carbons (Fsp3) is 0.636. The van der Waals surface area contributed by atoms with Gasteiger partial charge in [0.1, 0.15) is 0 Å². The van der Waals surface area contributed by atoms with Gasteiger partial charge in [0.2, 0.25) is 0 Å². The minimum atomic E-state index is 0.328. The predicted molar refractivity (Wildman–Crippen MR) is 58.3 cm³/mol. The molecule has 0 nitrogen and oxygen atoms in total. The molecule has 1 heteroatoms. The zero-order chi connectivity index (χ0) is 9.19. The molecule has 1 rings (SSSR count). The van der Waals surface area contributed by atoms with Gasteiger partial charge in [0.25, 0.3) is 0 Å². The van der Waals surface area contributed by atoms with Crippen LogP contribution in [0.2, 0.25) is 0 Å². The van der Waals surface area contributed by atoms with Gasteiger partial charge in [-0.25, -0.2) is 0 Å². The SMILES string of the molecule is CC(C)C1(C(C)C)C=CC=CS1. The molecule has 68 valence electrons. The van der Waals surface area contributed by atoms with E-state index in [1.54, 1.807) is 0 Å². The molecule has 0 amide bonds. The van der Waals surface area contributed by atoms with Crippen LogP contribution in [0.4, 0.5) is 0 Å². The lowest BCUT2D eigenvalue weighted by molar-refractivity contribution is 0.400. The molecule has 0 bridgehead atoms. The first kappa shape index (κ1) is 9.91. The van der Waals surface area contributed by atoms with E-state index in [2.05, 4.69) is 51.3 Å². The highest BCUT2D eigenvalue weighted by atomic mass is 32.2. The Bertz CT molecular complexity index is 191. The Hall–Kier alpha value is -0.170. The molecule has 0 saturated heterocycles. The van der Waals surface area contributed by atoms with Gasteiger partial charge in [-0.15, -0.1) is 11.8 Å². The zero-order valence-electron chi connectivity index (χ0n) is 8.37. The summed E-state index contributed by atoms with van der Waals surface area (Å²) in [5.74, 6) is 1.40. The molecule has 0 aromatic carbocycles. The highest BCUT2D eigenvalue weighted by Gasteiger charge is 2.34. The molecule has 0 N–H and O–H groups in total. The zero-order valence-corrected chi connectivity index (χ0v) is 9.19. The summed E-state index contributed by atoms with van der Waals surface area (Å²) >= 11 is 1.96. The van der Waals surface area contributed by atoms with E-state index in [9.17, 15) is 0 Å². The highest BCUT2D eigenvalue weighted by Crippen LogP contribution is 2.43. The summed E-state index contributed by atoms with van der Waals surface area (Å²) in [5.41, 5.74) is 0. The van der Waals surface area contributed by atoms with Crippen molar-refractivity contribution in [2.24, 2.45) is 11.8 Å². The van der Waals surface area contributed by atoms with Gasteiger partial charge in [-0.3, -0.25) is 0 Å². The molecule has 0 saturated carbocycles. The maximum Gasteiger partial charge on any atom is 0.0428 e. The lowest BCUT2D eigenvalue weighted by Gasteiger charge is -2.38. The van der Waals surface area contributed by atoms with E-state index in [1.807, 2.05) is 11.8 Å². The minimum absolute atomic E-state index is 0.328. The van der Waals surface area contributed by atoms with E-state index in [-0.39, 0.29) is 0 Å². The molecule has 1 aliphatic heterocycles. The van der Waals surface area contributed by atoms with Crippen molar-refractivity contribution in [1.29, 1.82) is 0 Å². The fourth-order valence-corrected chi connectivity index (χ4v) is 2.88. The Balaban J connectivity index is 2.88. The average Bonchev–Trinajstić information content (AvgIpc) is 2.05. The second-order valence-electron chi connectivity index (χ2n) is 3.97. The van der Waals surface area contributed by atoms with Crippen molar-refractivity contribution in [1.82, 2.24) is 0 Å². The van der Waals surface area contributed by atoms with Crippen LogP contribution in [0.3, 0.4) is 0 Å². The van der Waals surface area contributed by atoms with Crippen molar-refractivity contribution in [2.45, 2.75) is 32.4 Å². The van der Waals surface area contributed by atoms with E-state index in [1.165, 1.54) is 0 Å². The maximum absolute atomic E-state index is 2.35. The fourth-order valence-electron chi connectivity index (χ4n) is 1.77. The number of allylic oxidation sites excluding steroid dienone is 2. The summed E-state index contributed by atoms with van der Waals surface area (Å²) in [6.07, 6.45) is 6.65. The number of hydrogen-bond acceptors (Lipinski definition) is 1. The van der Waals surface area contributed by atoms with Crippen molar-refractivity contribution in [3.05, 3.63) is 23.6 Å². The lowest BCUT2D eigenvalue weighted by atomic mass is 9.84. The Labute approximate surface area is 80.1 Å². The van der Waals surface area contributed by atoms with Gasteiger partial charge < -0.3 is 0 Å². The van der Waals surface area contributed by atoms with Gasteiger partial charge in [0, 0.05) is 4.75 Å². The molecular weight excluding hydrogens is 164 g/mol. The summed E-state index contributed by atoms with van der Waals surface area (Å²) in [4.78, 5) is 0. The maximum atomic E-state index is 2.35. The van der Waals surface area contributed by atoms with Crippen LogP contribution in [0, 0.1) is 11.8 Å². The van der Waals surface area contributed by atoms with Crippen molar-refractivity contribution in [3.63, 3.8) is 0 Å². The first-order chi connectivity index (χ1) is 5.59. The summed E-state index contributed by atoms with van der Waals surface area (Å²) < 4.78 is 0.328. The first-order valence-electron chi connectivity index (χ1n) is 4.62. The molecule has 1 heterocycles. The Morgan fingerprint density at radius 2 is 1.58 bits per heavy atom. The van der Waals surface area contributed by atoms with E-state index < -0.39 is 0 Å². The predicted octanol–water partition coefficient (Wildman–Crippen LogP) is 3.85. The Morgan fingerprint density at radius 1 is 1.00 bits per heavy atom. The molecule has 0 aromatic rings. The van der Waals surface area contributed by atoms with Crippen molar-refractivity contribution in [2.75, 3.05) is 0 Å². The van der Waals surface area contributed by atoms with E-state index in [0.29, 0.717) is 16.6 Å². The van der Waals surface area contributed by atoms with Crippen LogP contribution in [-0.2, 0) is 0 Å². The van der Waals surface area contributed by atoms with E-state index in [4.69, 9.17) is 0 Å². The number of thioether (sulfide) groups is 1. The van der Waals surface area contributed by atoms with Gasteiger partial charge in [-0.1, -0.05) is 45.9 Å². The Morgan fingerprint density at radius 3 is 1.83 bits per heavy atom. The lowest BCUT2D eigenvalue weighted by Crippen LogP contribution is -2.35. The van der Waals surface area contributed by atoms with E-state index >= 15 is 0 Å². The molecule has 0 fully saturated rings. The molecule has 1 aliphatic rings. The summed E-state index contributed by atoms with van der Waals surface area (Å²) in [6, 6.07) is 0. The molecule has 0 aliphatic carbocycles. The third-order valence-corrected chi connectivity index (χ3v) is 4.40. The van der Waals surface area contributed by atoms with Gasteiger partial charge in [-0.2, -0.15) is 0 Å². The van der Waals surface area contributed by atoms with Crippen LogP contribution in [0.25, 0.3) is 0 Å². The molecule has 0 unspecified atom stereocenters. The molecule has 12 heavy (non-hydrogen) atoms. The van der Waals surface area contributed by atoms with Crippen LogP contribution in [-0.4, -0.2) is 4.75 Å². The molecule has 0 atom stereocenters. The minimum Gasteiger partial charge on any atom is -0.123 e. The largest absolute Gasteiger partial charge is 0.123 e. The normalized spacial score (nSPS) is 20.8. The number of hydrogen-bond donors (Lipinski definition) is 0. The quantitative estimate of drug-likeness (QED) is 0.625. The van der Waals surface area contributed by atoms with Gasteiger partial charge >= 0.3 is 0 Å². The van der Waals surface area contributed by atoms with Gasteiger partial charge in [0.05, 0.1) is 0 Å². The number of rotatable bonds is 2. The standard InChI is InChI=1S/C11H18S/c1-9(2)11(10(3)4)7-5-6-8-12-11/h5-10H,1-4H3. The molecule has 0 aromatic heterocycles. The highest BCUT2D eigenvalue weighted by molar-refractivity contribution is 8.03. The van der Waals surface area contributed by atoms with Crippen LogP contribution in [0.1, 0.15) is 27.7 Å². The van der Waals surface area contributed by atoms with Crippen LogP contribution in [0.5, 0.6) is 0 Å². The van der Waals surface area contributed by atoms with Gasteiger partial charge in [0.15, 0.2) is 0 Å².